The molecule has 0 unspecified atom stereocenters. The quantitative estimate of drug-likeness (QED) is 0.491. The van der Waals surface area contributed by atoms with Crippen LogP contribution in [-0.4, -0.2) is 41.9 Å². The second-order valence-electron chi connectivity index (χ2n) is 4.68. The van der Waals surface area contributed by atoms with Crippen molar-refractivity contribution < 1.29 is 9.53 Å². The molecule has 2 rings (SSSR count). The van der Waals surface area contributed by atoms with Gasteiger partial charge in [0.2, 0.25) is 0 Å². The Labute approximate surface area is 146 Å². The van der Waals surface area contributed by atoms with E-state index in [1.807, 2.05) is 11.0 Å². The number of amides is 1. The molecule has 0 bridgehead atoms. The molecule has 1 fully saturated rings. The fraction of sp³-hybridized carbons (Fsp3) is 0.500. The normalized spacial score (nSPS) is 16.4. The van der Waals surface area contributed by atoms with E-state index in [1.165, 1.54) is 0 Å². The molecular formula is C14H16BrClINO2. The Morgan fingerprint density at radius 1 is 1.45 bits per heavy atom. The van der Waals surface area contributed by atoms with Crippen molar-refractivity contribution in [2.24, 2.45) is 0 Å². The molecule has 1 saturated heterocycles. The summed E-state index contributed by atoms with van der Waals surface area (Å²) in [5, 5.41) is 1.46. The van der Waals surface area contributed by atoms with Crippen LogP contribution in [0.15, 0.2) is 18.2 Å². The van der Waals surface area contributed by atoms with Crippen molar-refractivity contribution in [3.05, 3.63) is 32.4 Å². The van der Waals surface area contributed by atoms with Crippen molar-refractivity contribution in [3.63, 3.8) is 0 Å². The third-order valence-corrected chi connectivity index (χ3v) is 4.82. The van der Waals surface area contributed by atoms with E-state index in [0.717, 1.165) is 41.4 Å². The van der Waals surface area contributed by atoms with Crippen molar-refractivity contribution in [2.75, 3.05) is 25.0 Å². The summed E-state index contributed by atoms with van der Waals surface area (Å²) in [6, 6.07) is 5.43. The van der Waals surface area contributed by atoms with Crippen LogP contribution < -0.4 is 0 Å². The lowest BCUT2D eigenvalue weighted by Gasteiger charge is -2.32. The fourth-order valence-corrected chi connectivity index (χ4v) is 3.19. The number of carbonyl (C=O) groups excluding carboxylic acids is 1. The molecule has 110 valence electrons. The van der Waals surface area contributed by atoms with Crippen molar-refractivity contribution in [1.82, 2.24) is 4.90 Å². The molecule has 6 heteroatoms. The summed E-state index contributed by atoms with van der Waals surface area (Å²) in [5.74, 6) is 0.0656. The summed E-state index contributed by atoms with van der Waals surface area (Å²) in [6.45, 7) is 2.22. The van der Waals surface area contributed by atoms with Crippen LogP contribution in [0.1, 0.15) is 23.2 Å². The molecule has 1 aromatic rings. The third kappa shape index (κ3) is 4.32. The molecule has 1 aliphatic rings. The predicted octanol–water partition coefficient (Wildman–Crippen LogP) is 3.96. The van der Waals surface area contributed by atoms with Gasteiger partial charge in [0.1, 0.15) is 0 Å². The standard InChI is InChI=1S/C14H16BrClINO2/c15-5-8-20-11-3-6-18(7-4-11)14(19)12-9-10(16)1-2-13(12)17/h1-2,9,11H,3-8H2. The number of halogens is 3. The molecule has 20 heavy (non-hydrogen) atoms. The summed E-state index contributed by atoms with van der Waals surface area (Å²) < 4.78 is 6.64. The smallest absolute Gasteiger partial charge is 0.254 e. The largest absolute Gasteiger partial charge is 0.377 e. The van der Waals surface area contributed by atoms with E-state index >= 15 is 0 Å². The number of hydrogen-bond acceptors (Lipinski definition) is 2. The Kier molecular flexibility index (Phi) is 6.58. The van der Waals surface area contributed by atoms with Crippen LogP contribution in [0, 0.1) is 3.57 Å². The van der Waals surface area contributed by atoms with Crippen molar-refractivity contribution in [1.29, 1.82) is 0 Å². The summed E-state index contributed by atoms with van der Waals surface area (Å²) in [6.07, 6.45) is 2.07. The highest BCUT2D eigenvalue weighted by Crippen LogP contribution is 2.22. The Morgan fingerprint density at radius 2 is 2.15 bits per heavy atom. The lowest BCUT2D eigenvalue weighted by molar-refractivity contribution is 0.0159. The van der Waals surface area contributed by atoms with Crippen LogP contribution in [0.5, 0.6) is 0 Å². The van der Waals surface area contributed by atoms with E-state index in [2.05, 4.69) is 38.5 Å². The van der Waals surface area contributed by atoms with E-state index in [-0.39, 0.29) is 12.0 Å². The highest BCUT2D eigenvalue weighted by atomic mass is 127. The average molecular weight is 473 g/mol. The minimum absolute atomic E-state index is 0.0656. The van der Waals surface area contributed by atoms with Gasteiger partial charge in [-0.2, -0.15) is 0 Å². The van der Waals surface area contributed by atoms with E-state index < -0.39 is 0 Å². The first-order valence-corrected chi connectivity index (χ1v) is 9.11. The summed E-state index contributed by atoms with van der Waals surface area (Å²) in [5.41, 5.74) is 0.693. The van der Waals surface area contributed by atoms with Crippen LogP contribution in [0.25, 0.3) is 0 Å². The lowest BCUT2D eigenvalue weighted by atomic mass is 10.1. The van der Waals surface area contributed by atoms with Gasteiger partial charge >= 0.3 is 0 Å². The topological polar surface area (TPSA) is 29.5 Å². The number of benzene rings is 1. The molecule has 0 atom stereocenters. The first-order valence-electron chi connectivity index (χ1n) is 6.53. The monoisotopic (exact) mass is 471 g/mol. The minimum atomic E-state index is 0.0656. The van der Waals surface area contributed by atoms with Crippen LogP contribution in [0.3, 0.4) is 0 Å². The highest BCUT2D eigenvalue weighted by Gasteiger charge is 2.25. The summed E-state index contributed by atoms with van der Waals surface area (Å²) >= 11 is 11.5. The average Bonchev–Trinajstić information content (AvgIpc) is 2.47. The number of piperidine rings is 1. The van der Waals surface area contributed by atoms with E-state index in [4.69, 9.17) is 16.3 Å². The maximum atomic E-state index is 12.5. The molecule has 0 aliphatic carbocycles. The number of alkyl halides is 1. The molecule has 0 saturated carbocycles. The van der Waals surface area contributed by atoms with Gasteiger partial charge in [-0.3, -0.25) is 4.79 Å². The van der Waals surface area contributed by atoms with Crippen molar-refractivity contribution in [3.8, 4) is 0 Å². The number of nitrogens with zero attached hydrogens (tertiary/aromatic N) is 1. The van der Waals surface area contributed by atoms with Gasteiger partial charge in [-0.05, 0) is 53.6 Å². The molecule has 0 spiro atoms. The van der Waals surface area contributed by atoms with Crippen LogP contribution in [0.2, 0.25) is 5.02 Å². The first kappa shape index (κ1) is 16.5. The van der Waals surface area contributed by atoms with Crippen LogP contribution >= 0.6 is 50.1 Å². The van der Waals surface area contributed by atoms with Gasteiger partial charge in [0.25, 0.3) is 5.91 Å². The predicted molar refractivity (Wildman–Crippen MR) is 92.8 cm³/mol. The zero-order valence-corrected chi connectivity index (χ0v) is 15.4. The Morgan fingerprint density at radius 3 is 2.80 bits per heavy atom. The van der Waals surface area contributed by atoms with Gasteiger partial charge in [0, 0.05) is 27.0 Å². The highest BCUT2D eigenvalue weighted by molar-refractivity contribution is 14.1. The number of hydrogen-bond donors (Lipinski definition) is 0. The molecule has 1 aliphatic heterocycles. The maximum absolute atomic E-state index is 12.5. The molecule has 1 amide bonds. The molecule has 0 N–H and O–H groups in total. The first-order chi connectivity index (χ1) is 9.61. The molecule has 0 radical (unpaired) electrons. The fourth-order valence-electron chi connectivity index (χ4n) is 2.27. The lowest BCUT2D eigenvalue weighted by Crippen LogP contribution is -2.41. The number of carbonyl (C=O) groups is 1. The SMILES string of the molecule is O=C(c1cc(Cl)ccc1I)N1CCC(OCCBr)CC1. The van der Waals surface area contributed by atoms with E-state index in [9.17, 15) is 4.79 Å². The van der Waals surface area contributed by atoms with Gasteiger partial charge in [0.15, 0.2) is 0 Å². The van der Waals surface area contributed by atoms with E-state index in [0.29, 0.717) is 10.6 Å². The van der Waals surface area contributed by atoms with Gasteiger partial charge in [0.05, 0.1) is 18.3 Å². The third-order valence-electron chi connectivity index (χ3n) is 3.32. The Balaban J connectivity index is 1.96. The zero-order chi connectivity index (χ0) is 14.5. The van der Waals surface area contributed by atoms with Crippen molar-refractivity contribution in [2.45, 2.75) is 18.9 Å². The molecule has 1 aromatic carbocycles. The molecule has 1 heterocycles. The molecule has 0 aromatic heterocycles. The zero-order valence-electron chi connectivity index (χ0n) is 10.9. The van der Waals surface area contributed by atoms with Gasteiger partial charge in [-0.25, -0.2) is 0 Å². The molecule has 3 nitrogen and oxygen atoms in total. The van der Waals surface area contributed by atoms with Crippen LogP contribution in [-0.2, 0) is 4.74 Å². The maximum Gasteiger partial charge on any atom is 0.254 e. The van der Waals surface area contributed by atoms with Gasteiger partial charge in [-0.1, -0.05) is 27.5 Å². The summed E-state index contributed by atoms with van der Waals surface area (Å²) in [4.78, 5) is 14.4. The Hall–Kier alpha value is 0.150. The van der Waals surface area contributed by atoms with Crippen LogP contribution in [0.4, 0.5) is 0 Å². The van der Waals surface area contributed by atoms with Crippen molar-refractivity contribution >= 4 is 56.0 Å². The van der Waals surface area contributed by atoms with Gasteiger partial charge < -0.3 is 9.64 Å². The van der Waals surface area contributed by atoms with E-state index in [1.54, 1.807) is 12.1 Å². The second-order valence-corrected chi connectivity index (χ2v) is 7.07. The number of likely N-dealkylation sites (tertiary alicyclic amines) is 1. The molecular weight excluding hydrogens is 456 g/mol. The van der Waals surface area contributed by atoms with Gasteiger partial charge in [-0.15, -0.1) is 0 Å². The summed E-state index contributed by atoms with van der Waals surface area (Å²) in [7, 11) is 0. The second kappa shape index (κ2) is 7.96. The Bertz CT molecular complexity index is 478. The number of rotatable bonds is 4. The number of ether oxygens (including phenoxy) is 1. The minimum Gasteiger partial charge on any atom is -0.377 e.